The monoisotopic (exact) mass is 416 g/mol. The number of nitrogens with one attached hydrogen (secondary N) is 1. The Bertz CT molecular complexity index is 1150. The number of hydrogen-bond donors (Lipinski definition) is 1. The molecule has 6 rings (SSSR count). The molecule has 1 aromatic carbocycles. The number of carbonyl (C=O) groups excluding carboxylic acids is 1. The van der Waals surface area contributed by atoms with Crippen molar-refractivity contribution in [2.24, 2.45) is 5.92 Å². The van der Waals surface area contributed by atoms with Crippen LogP contribution in [0.5, 0.6) is 0 Å². The van der Waals surface area contributed by atoms with Gasteiger partial charge in [0.15, 0.2) is 0 Å². The first-order valence-electron chi connectivity index (χ1n) is 11.4. The average Bonchev–Trinajstić information content (AvgIpc) is 3.40. The summed E-state index contributed by atoms with van der Waals surface area (Å²) in [5.41, 5.74) is 5.97. The molecule has 160 valence electrons. The summed E-state index contributed by atoms with van der Waals surface area (Å²) in [5.74, 6) is 1.34. The van der Waals surface area contributed by atoms with E-state index >= 15 is 0 Å². The number of aromatic amines is 1. The Hall–Kier alpha value is -2.93. The predicted molar refractivity (Wildman–Crippen MR) is 121 cm³/mol. The van der Waals surface area contributed by atoms with E-state index in [1.165, 1.54) is 22.5 Å². The van der Waals surface area contributed by atoms with Gasteiger partial charge in [-0.3, -0.25) is 4.79 Å². The van der Waals surface area contributed by atoms with Crippen molar-refractivity contribution in [1.29, 1.82) is 0 Å². The highest BCUT2D eigenvalue weighted by atomic mass is 16.2. The first kappa shape index (κ1) is 18.8. The number of benzene rings is 1. The van der Waals surface area contributed by atoms with Crippen LogP contribution >= 0.6 is 0 Å². The lowest BCUT2D eigenvalue weighted by Gasteiger charge is -2.35. The number of para-hydroxylation sites is 1. The van der Waals surface area contributed by atoms with Gasteiger partial charge in [0.05, 0.1) is 5.39 Å². The van der Waals surface area contributed by atoms with Gasteiger partial charge < -0.3 is 19.7 Å². The van der Waals surface area contributed by atoms with Crippen LogP contribution in [0.3, 0.4) is 0 Å². The number of nitrogens with zero attached hydrogens (tertiary/aromatic N) is 5. The Kier molecular flexibility index (Phi) is 4.45. The summed E-state index contributed by atoms with van der Waals surface area (Å²) in [5, 5.41) is 1.10. The van der Waals surface area contributed by atoms with Crippen molar-refractivity contribution in [1.82, 2.24) is 24.8 Å². The molecule has 0 radical (unpaired) electrons. The van der Waals surface area contributed by atoms with Crippen LogP contribution in [0.4, 0.5) is 11.5 Å². The predicted octanol–water partition coefficient (Wildman–Crippen LogP) is 2.53. The van der Waals surface area contributed by atoms with E-state index in [1.807, 2.05) is 0 Å². The lowest BCUT2D eigenvalue weighted by molar-refractivity contribution is -0.137. The molecule has 1 atom stereocenters. The topological polar surface area (TPSA) is 68.4 Å². The highest BCUT2D eigenvalue weighted by Gasteiger charge is 2.33. The molecule has 7 heteroatoms. The van der Waals surface area contributed by atoms with E-state index in [-0.39, 0.29) is 5.92 Å². The van der Waals surface area contributed by atoms with Crippen LogP contribution in [-0.4, -0.2) is 70.4 Å². The summed E-state index contributed by atoms with van der Waals surface area (Å²) in [6, 6.07) is 8.57. The zero-order valence-electron chi connectivity index (χ0n) is 18.0. The Morgan fingerprint density at radius 1 is 1.06 bits per heavy atom. The number of amides is 1. The largest absolute Gasteiger partial charge is 0.343 e. The minimum absolute atomic E-state index is 0.0498. The number of aryl methyl sites for hydroxylation is 1. The summed E-state index contributed by atoms with van der Waals surface area (Å²) in [6.07, 6.45) is 5.26. The fourth-order valence-corrected chi connectivity index (χ4v) is 5.48. The third kappa shape index (κ3) is 3.10. The van der Waals surface area contributed by atoms with E-state index in [1.54, 1.807) is 6.33 Å². The smallest absolute Gasteiger partial charge is 0.226 e. The number of rotatable bonds is 2. The van der Waals surface area contributed by atoms with E-state index in [9.17, 15) is 4.79 Å². The molecule has 31 heavy (non-hydrogen) atoms. The van der Waals surface area contributed by atoms with E-state index in [2.05, 4.69) is 56.0 Å². The lowest BCUT2D eigenvalue weighted by atomic mass is 9.85. The van der Waals surface area contributed by atoms with Crippen LogP contribution in [-0.2, 0) is 24.1 Å². The van der Waals surface area contributed by atoms with Crippen molar-refractivity contribution >= 4 is 28.4 Å². The van der Waals surface area contributed by atoms with Gasteiger partial charge in [-0.1, -0.05) is 18.2 Å². The van der Waals surface area contributed by atoms with Gasteiger partial charge in [0.1, 0.15) is 17.8 Å². The van der Waals surface area contributed by atoms with Crippen molar-refractivity contribution < 1.29 is 4.79 Å². The second-order valence-corrected chi connectivity index (χ2v) is 9.10. The van der Waals surface area contributed by atoms with Gasteiger partial charge in [-0.15, -0.1) is 0 Å². The molecular formula is C24H28N6O. The van der Waals surface area contributed by atoms with Crippen LogP contribution in [0.2, 0.25) is 0 Å². The molecular weight excluding hydrogens is 388 g/mol. The molecule has 0 bridgehead atoms. The van der Waals surface area contributed by atoms with Gasteiger partial charge in [0, 0.05) is 50.0 Å². The summed E-state index contributed by atoms with van der Waals surface area (Å²) < 4.78 is 0. The number of carbonyl (C=O) groups is 1. The number of aromatic nitrogens is 3. The van der Waals surface area contributed by atoms with Gasteiger partial charge in [-0.2, -0.15) is 0 Å². The van der Waals surface area contributed by atoms with Crippen LogP contribution in [0.25, 0.3) is 11.0 Å². The van der Waals surface area contributed by atoms with Gasteiger partial charge in [-0.05, 0) is 49.9 Å². The van der Waals surface area contributed by atoms with Crippen LogP contribution in [0.1, 0.15) is 23.2 Å². The molecule has 4 heterocycles. The SMILES string of the molecule is CN1CCN(C(=O)[C@@H]2CCc3[nH]c4ncnc(N5CCc6ccccc65)c4c3C2)CC1. The normalized spacial score (nSPS) is 21.4. The highest BCUT2D eigenvalue weighted by molar-refractivity contribution is 5.95. The second-order valence-electron chi connectivity index (χ2n) is 9.10. The van der Waals surface area contributed by atoms with Gasteiger partial charge in [0.2, 0.25) is 5.91 Å². The molecule has 0 unspecified atom stereocenters. The molecule has 7 nitrogen and oxygen atoms in total. The Morgan fingerprint density at radius 2 is 1.90 bits per heavy atom. The molecule has 3 aromatic rings. The number of hydrogen-bond acceptors (Lipinski definition) is 5. The molecule has 0 saturated carbocycles. The minimum atomic E-state index is 0.0498. The molecule has 2 aliphatic heterocycles. The van der Waals surface area contributed by atoms with Crippen molar-refractivity contribution in [3.8, 4) is 0 Å². The third-order valence-electron chi connectivity index (χ3n) is 7.26. The highest BCUT2D eigenvalue weighted by Crippen LogP contribution is 2.40. The zero-order chi connectivity index (χ0) is 20.9. The van der Waals surface area contributed by atoms with Gasteiger partial charge >= 0.3 is 0 Å². The second kappa shape index (κ2) is 7.34. The van der Waals surface area contributed by atoms with E-state index in [0.717, 1.165) is 75.3 Å². The standard InChI is InChI=1S/C24H28N6O/c1-28-10-12-29(13-11-28)24(31)17-6-7-19-18(14-17)21-22(27-19)25-15-26-23(21)30-9-8-16-4-2-3-5-20(16)30/h2-5,15,17H,6-14H2,1H3,(H,25,26,27)/t17-/m1/s1. The minimum Gasteiger partial charge on any atom is -0.343 e. The van der Waals surface area contributed by atoms with Crippen LogP contribution in [0, 0.1) is 5.92 Å². The number of anilines is 2. The fourth-order valence-electron chi connectivity index (χ4n) is 5.48. The van der Waals surface area contributed by atoms with Gasteiger partial charge in [0.25, 0.3) is 0 Å². The summed E-state index contributed by atoms with van der Waals surface area (Å²) in [4.78, 5) is 32.8. The van der Waals surface area contributed by atoms with Crippen molar-refractivity contribution in [3.63, 3.8) is 0 Å². The van der Waals surface area contributed by atoms with Crippen LogP contribution in [0.15, 0.2) is 30.6 Å². The van der Waals surface area contributed by atoms with E-state index < -0.39 is 0 Å². The van der Waals surface area contributed by atoms with Crippen molar-refractivity contribution in [2.75, 3.05) is 44.7 Å². The maximum atomic E-state index is 13.3. The average molecular weight is 417 g/mol. The Labute approximate surface area is 182 Å². The number of likely N-dealkylation sites (N-methyl/N-ethyl adjacent to an activating group) is 1. The van der Waals surface area contributed by atoms with Crippen LogP contribution < -0.4 is 4.90 Å². The van der Waals surface area contributed by atoms with Gasteiger partial charge in [-0.25, -0.2) is 9.97 Å². The summed E-state index contributed by atoms with van der Waals surface area (Å²) >= 11 is 0. The summed E-state index contributed by atoms with van der Waals surface area (Å²) in [7, 11) is 2.12. The quantitative estimate of drug-likeness (QED) is 0.695. The molecule has 1 saturated heterocycles. The van der Waals surface area contributed by atoms with Crippen molar-refractivity contribution in [2.45, 2.75) is 25.7 Å². The number of H-pyrrole nitrogens is 1. The maximum absolute atomic E-state index is 13.3. The molecule has 3 aliphatic rings. The first-order valence-corrected chi connectivity index (χ1v) is 11.4. The van der Waals surface area contributed by atoms with Crippen molar-refractivity contribution in [3.05, 3.63) is 47.4 Å². The molecule has 0 spiro atoms. The molecule has 1 amide bonds. The Morgan fingerprint density at radius 3 is 2.77 bits per heavy atom. The number of piperazine rings is 1. The number of fused-ring (bicyclic) bond motifs is 4. The molecule has 2 aromatic heterocycles. The molecule has 1 N–H and O–H groups in total. The summed E-state index contributed by atoms with van der Waals surface area (Å²) in [6.45, 7) is 4.53. The Balaban J connectivity index is 1.35. The fraction of sp³-hybridized carbons (Fsp3) is 0.458. The molecule has 1 fully saturated rings. The van der Waals surface area contributed by atoms with E-state index in [4.69, 9.17) is 4.98 Å². The maximum Gasteiger partial charge on any atom is 0.226 e. The van der Waals surface area contributed by atoms with E-state index in [0.29, 0.717) is 5.91 Å². The molecule has 1 aliphatic carbocycles. The first-order chi connectivity index (χ1) is 15.2. The third-order valence-corrected chi connectivity index (χ3v) is 7.26. The zero-order valence-corrected chi connectivity index (χ0v) is 18.0. The lowest BCUT2D eigenvalue weighted by Crippen LogP contribution is -2.49.